The Bertz CT molecular complexity index is 607. The molecule has 0 radical (unpaired) electrons. The van der Waals surface area contributed by atoms with E-state index in [4.69, 9.17) is 16.7 Å². The van der Waals surface area contributed by atoms with Gasteiger partial charge in [0.2, 0.25) is 0 Å². The van der Waals surface area contributed by atoms with Gasteiger partial charge in [0, 0.05) is 18.1 Å². The first-order valence-electron chi connectivity index (χ1n) is 4.92. The van der Waals surface area contributed by atoms with Gasteiger partial charge in [-0.05, 0) is 30.8 Å². The number of hydrogen-bond donors (Lipinski definition) is 1. The van der Waals surface area contributed by atoms with Crippen LogP contribution in [0, 0.1) is 6.92 Å². The van der Waals surface area contributed by atoms with Gasteiger partial charge in [-0.1, -0.05) is 11.6 Å². The summed E-state index contributed by atoms with van der Waals surface area (Å²) < 4.78 is 0. The van der Waals surface area contributed by atoms with Crippen LogP contribution in [0.3, 0.4) is 0 Å². The summed E-state index contributed by atoms with van der Waals surface area (Å²) in [7, 11) is 0. The number of nitrogens with zero attached hydrogens (tertiary/aromatic N) is 3. The van der Waals surface area contributed by atoms with E-state index in [0.717, 1.165) is 5.69 Å². The van der Waals surface area contributed by atoms with Crippen molar-refractivity contribution < 1.29 is 9.90 Å². The first kappa shape index (κ1) is 12.8. The number of pyridine rings is 1. The van der Waals surface area contributed by atoms with E-state index in [1.54, 1.807) is 12.3 Å². The number of carbonyl (C=O) groups is 1. The Morgan fingerprint density at radius 2 is 2.22 bits per heavy atom. The maximum absolute atomic E-state index is 10.7. The van der Waals surface area contributed by atoms with Gasteiger partial charge in [-0.2, -0.15) is 0 Å². The van der Waals surface area contributed by atoms with Gasteiger partial charge in [0.15, 0.2) is 5.16 Å². The molecule has 0 saturated carbocycles. The van der Waals surface area contributed by atoms with Crippen LogP contribution in [-0.2, 0) is 0 Å². The van der Waals surface area contributed by atoms with Crippen molar-refractivity contribution in [3.63, 3.8) is 0 Å². The molecule has 0 fully saturated rings. The molecule has 5 nitrogen and oxygen atoms in total. The summed E-state index contributed by atoms with van der Waals surface area (Å²) in [6, 6.07) is 3.14. The predicted molar refractivity (Wildman–Crippen MR) is 67.1 cm³/mol. The number of carboxylic acids is 1. The molecule has 1 N–H and O–H groups in total. The van der Waals surface area contributed by atoms with Crippen molar-refractivity contribution in [2.45, 2.75) is 17.1 Å². The fourth-order valence-corrected chi connectivity index (χ4v) is 2.20. The molecule has 0 atom stereocenters. The van der Waals surface area contributed by atoms with Crippen molar-refractivity contribution in [1.29, 1.82) is 0 Å². The lowest BCUT2D eigenvalue weighted by Crippen LogP contribution is -1.98. The molecule has 0 saturated heterocycles. The summed E-state index contributed by atoms with van der Waals surface area (Å²) >= 11 is 7.15. The SMILES string of the molecule is Cc1ccnc(Sc2ncc(C(=O)O)cc2Cl)n1. The molecule has 2 heterocycles. The standard InChI is InChI=1S/C11H8ClN3O2S/c1-6-2-3-13-11(15-6)18-9-8(12)4-7(5-14-9)10(16)17/h2-5H,1H3,(H,16,17). The van der Waals surface area contributed by atoms with Crippen molar-refractivity contribution in [2.75, 3.05) is 0 Å². The quantitative estimate of drug-likeness (QED) is 0.872. The van der Waals surface area contributed by atoms with E-state index in [1.807, 2.05) is 6.92 Å². The predicted octanol–water partition coefficient (Wildman–Crippen LogP) is 2.68. The fraction of sp³-hybridized carbons (Fsp3) is 0.0909. The van der Waals surface area contributed by atoms with Crippen LogP contribution in [0.15, 0.2) is 34.7 Å². The topological polar surface area (TPSA) is 76.0 Å². The number of rotatable bonds is 3. The molecule has 2 rings (SSSR count). The van der Waals surface area contributed by atoms with Gasteiger partial charge in [-0.25, -0.2) is 19.7 Å². The van der Waals surface area contributed by atoms with Gasteiger partial charge in [0.1, 0.15) is 5.03 Å². The molecule has 92 valence electrons. The van der Waals surface area contributed by atoms with E-state index < -0.39 is 5.97 Å². The average molecular weight is 282 g/mol. The normalized spacial score (nSPS) is 10.3. The molecule has 0 aliphatic rings. The Morgan fingerprint density at radius 1 is 1.44 bits per heavy atom. The van der Waals surface area contributed by atoms with Gasteiger partial charge in [0.25, 0.3) is 0 Å². The molecule has 0 bridgehead atoms. The number of carboxylic acid groups (broad SMARTS) is 1. The van der Waals surface area contributed by atoms with Crippen molar-refractivity contribution >= 4 is 29.3 Å². The van der Waals surface area contributed by atoms with E-state index in [9.17, 15) is 4.79 Å². The second-order valence-corrected chi connectivity index (χ2v) is 4.76. The summed E-state index contributed by atoms with van der Waals surface area (Å²) in [5, 5.41) is 10.1. The lowest BCUT2D eigenvalue weighted by Gasteiger charge is -2.03. The van der Waals surface area contributed by atoms with Crippen LogP contribution < -0.4 is 0 Å². The highest BCUT2D eigenvalue weighted by atomic mass is 35.5. The van der Waals surface area contributed by atoms with Crippen LogP contribution in [0.4, 0.5) is 0 Å². The zero-order chi connectivity index (χ0) is 13.1. The van der Waals surface area contributed by atoms with Crippen LogP contribution in [-0.4, -0.2) is 26.0 Å². The summed E-state index contributed by atoms with van der Waals surface area (Å²) in [5.74, 6) is -1.06. The minimum atomic E-state index is -1.06. The van der Waals surface area contributed by atoms with Crippen LogP contribution in [0.25, 0.3) is 0 Å². The Labute approximate surface area is 112 Å². The minimum absolute atomic E-state index is 0.0505. The van der Waals surface area contributed by atoms with Crippen molar-refractivity contribution in [3.8, 4) is 0 Å². The molecule has 0 unspecified atom stereocenters. The number of halogens is 1. The van der Waals surface area contributed by atoms with E-state index in [-0.39, 0.29) is 10.6 Å². The largest absolute Gasteiger partial charge is 0.478 e. The molecule has 0 aromatic carbocycles. The third kappa shape index (κ3) is 2.96. The van der Waals surface area contributed by atoms with Crippen molar-refractivity contribution in [1.82, 2.24) is 15.0 Å². The zero-order valence-electron chi connectivity index (χ0n) is 9.29. The highest BCUT2D eigenvalue weighted by molar-refractivity contribution is 7.99. The summed E-state index contributed by atoms with van der Waals surface area (Å²) in [5.41, 5.74) is 0.889. The maximum atomic E-state index is 10.7. The number of hydrogen-bond acceptors (Lipinski definition) is 5. The third-order valence-electron chi connectivity index (χ3n) is 2.02. The summed E-state index contributed by atoms with van der Waals surface area (Å²) in [6.07, 6.45) is 2.90. The number of aromatic nitrogens is 3. The Balaban J connectivity index is 2.27. The Morgan fingerprint density at radius 3 is 2.83 bits per heavy atom. The monoisotopic (exact) mass is 281 g/mol. The van der Waals surface area contributed by atoms with E-state index >= 15 is 0 Å². The molecule has 0 aliphatic carbocycles. The third-order valence-corrected chi connectivity index (χ3v) is 3.31. The first-order valence-corrected chi connectivity index (χ1v) is 6.12. The lowest BCUT2D eigenvalue weighted by molar-refractivity contribution is 0.0696. The molecule has 0 spiro atoms. The lowest BCUT2D eigenvalue weighted by atomic mass is 10.3. The van der Waals surface area contributed by atoms with Gasteiger partial charge >= 0.3 is 5.97 Å². The molecule has 2 aromatic rings. The van der Waals surface area contributed by atoms with Crippen molar-refractivity contribution in [2.24, 2.45) is 0 Å². The zero-order valence-corrected chi connectivity index (χ0v) is 10.9. The second-order valence-electron chi connectivity index (χ2n) is 3.40. The van der Waals surface area contributed by atoms with Gasteiger partial charge in [0.05, 0.1) is 10.6 Å². The molecule has 0 aliphatic heterocycles. The summed E-state index contributed by atoms with van der Waals surface area (Å²) in [4.78, 5) is 23.0. The average Bonchev–Trinajstić information content (AvgIpc) is 2.31. The van der Waals surface area contributed by atoms with Crippen LogP contribution in [0.2, 0.25) is 5.02 Å². The second kappa shape index (κ2) is 5.32. The van der Waals surface area contributed by atoms with E-state index in [1.165, 1.54) is 24.0 Å². The first-order chi connectivity index (χ1) is 8.56. The van der Waals surface area contributed by atoms with Gasteiger partial charge < -0.3 is 5.11 Å². The minimum Gasteiger partial charge on any atom is -0.478 e. The van der Waals surface area contributed by atoms with Crippen molar-refractivity contribution in [3.05, 3.63) is 40.8 Å². The molecular weight excluding hydrogens is 274 g/mol. The fourth-order valence-electron chi connectivity index (χ4n) is 1.18. The van der Waals surface area contributed by atoms with E-state index in [2.05, 4.69) is 15.0 Å². The molecule has 18 heavy (non-hydrogen) atoms. The number of aromatic carboxylic acids is 1. The smallest absolute Gasteiger partial charge is 0.337 e. The number of aryl methyl sites for hydroxylation is 1. The molecule has 0 amide bonds. The van der Waals surface area contributed by atoms with Crippen LogP contribution in [0.5, 0.6) is 0 Å². The van der Waals surface area contributed by atoms with E-state index in [0.29, 0.717) is 10.2 Å². The van der Waals surface area contributed by atoms with Crippen LogP contribution in [0.1, 0.15) is 16.1 Å². The van der Waals surface area contributed by atoms with Gasteiger partial charge in [-0.3, -0.25) is 0 Å². The molecule has 7 heteroatoms. The molecular formula is C11H8ClN3O2S. The highest BCUT2D eigenvalue weighted by Gasteiger charge is 2.11. The van der Waals surface area contributed by atoms with Gasteiger partial charge in [-0.15, -0.1) is 0 Å². The van der Waals surface area contributed by atoms with Crippen LogP contribution >= 0.6 is 23.4 Å². The summed E-state index contributed by atoms with van der Waals surface area (Å²) in [6.45, 7) is 1.86. The Kier molecular flexibility index (Phi) is 3.78. The highest BCUT2D eigenvalue weighted by Crippen LogP contribution is 2.29. The maximum Gasteiger partial charge on any atom is 0.337 e. The Hall–Kier alpha value is -1.66. The molecule has 2 aromatic heterocycles.